The van der Waals surface area contributed by atoms with Gasteiger partial charge in [-0.25, -0.2) is 0 Å². The van der Waals surface area contributed by atoms with E-state index < -0.39 is 0 Å². The molecule has 0 N–H and O–H groups in total. The van der Waals surface area contributed by atoms with Crippen molar-refractivity contribution in [1.82, 2.24) is 0 Å². The molecule has 0 aromatic heterocycles. The fourth-order valence-electron chi connectivity index (χ4n) is 0.956. The first-order valence-electron chi connectivity index (χ1n) is 5.68. The summed E-state index contributed by atoms with van der Waals surface area (Å²) in [5.41, 5.74) is 2.14. The van der Waals surface area contributed by atoms with Crippen molar-refractivity contribution in [3.63, 3.8) is 0 Å². The summed E-state index contributed by atoms with van der Waals surface area (Å²) in [5, 5.41) is 0. The largest absolute Gasteiger partial charge is 2.00 e. The average Bonchev–Trinajstić information content (AvgIpc) is 2.33. The van der Waals surface area contributed by atoms with E-state index in [2.05, 4.69) is 26.9 Å². The smallest absolute Gasteiger partial charge is 0.199 e. The topological polar surface area (TPSA) is 0 Å². The molecule has 0 saturated carbocycles. The van der Waals surface area contributed by atoms with Crippen LogP contribution < -0.4 is 0 Å². The van der Waals surface area contributed by atoms with Crippen LogP contribution in [0, 0.1) is 13.8 Å². The van der Waals surface area contributed by atoms with Crippen molar-refractivity contribution >= 4 is 9.52 Å². The minimum absolute atomic E-state index is 0. The molecule has 0 aliphatic rings. The van der Waals surface area contributed by atoms with E-state index in [1.165, 1.54) is 0 Å². The molecule has 93 valence electrons. The van der Waals surface area contributed by atoms with Crippen LogP contribution in [0.15, 0.2) is 60.7 Å². The van der Waals surface area contributed by atoms with Crippen molar-refractivity contribution in [1.29, 1.82) is 0 Å². The van der Waals surface area contributed by atoms with Crippen LogP contribution in [0.4, 0.5) is 0 Å². The predicted molar refractivity (Wildman–Crippen MR) is 80.7 cm³/mol. The van der Waals surface area contributed by atoms with Gasteiger partial charge in [0.25, 0.3) is 0 Å². The van der Waals surface area contributed by atoms with Gasteiger partial charge in [0.1, 0.15) is 0 Å². The van der Waals surface area contributed by atoms with Gasteiger partial charge in [0.15, 0.2) is 0 Å². The van der Waals surface area contributed by atoms with E-state index in [-0.39, 0.29) is 26.2 Å². The molecule has 2 heteroatoms. The zero-order chi connectivity index (χ0) is 12.9. The SMILES string of the molecule is C[SiH]C.[CH2-]c1ccccc1.[CH2-]c1ccccc1.[Zr+2]. The van der Waals surface area contributed by atoms with Gasteiger partial charge in [0, 0.05) is 9.52 Å². The molecule has 18 heavy (non-hydrogen) atoms. The first-order valence-corrected chi connectivity index (χ1v) is 7.99. The molecule has 0 aliphatic heterocycles. The minimum Gasteiger partial charge on any atom is -0.199 e. The number of rotatable bonds is 0. The van der Waals surface area contributed by atoms with Crippen LogP contribution in [0.1, 0.15) is 11.1 Å². The quantitative estimate of drug-likeness (QED) is 0.500. The van der Waals surface area contributed by atoms with Gasteiger partial charge < -0.3 is 0 Å². The van der Waals surface area contributed by atoms with Gasteiger partial charge in [0.05, 0.1) is 0 Å². The first kappa shape index (κ1) is 19.6. The second-order valence-corrected chi connectivity index (χ2v) is 4.70. The monoisotopic (exact) mass is 331 g/mol. The standard InChI is InChI=1S/2C7H7.C2H7Si.Zr/c2*1-7-5-3-2-4-6-7;1-3-2;/h2*2-6H,1H2;3H,1-2H3;/q2*-1;;+2. The van der Waals surface area contributed by atoms with E-state index in [1.54, 1.807) is 0 Å². The first-order chi connectivity index (χ1) is 8.20. The Labute approximate surface area is 134 Å². The van der Waals surface area contributed by atoms with Crippen LogP contribution in [0.3, 0.4) is 0 Å². The van der Waals surface area contributed by atoms with Crippen molar-refractivity contribution in [2.45, 2.75) is 13.1 Å². The van der Waals surface area contributed by atoms with E-state index in [0.29, 0.717) is 0 Å². The van der Waals surface area contributed by atoms with Crippen LogP contribution in [-0.4, -0.2) is 9.52 Å². The molecule has 2 aromatic rings. The number of hydrogen-bond acceptors (Lipinski definition) is 0. The number of benzene rings is 2. The van der Waals surface area contributed by atoms with Gasteiger partial charge in [-0.2, -0.15) is 49.2 Å². The van der Waals surface area contributed by atoms with Gasteiger partial charge in [-0.1, -0.05) is 25.2 Å². The molecule has 2 rings (SSSR count). The Balaban J connectivity index is 0. The summed E-state index contributed by atoms with van der Waals surface area (Å²) in [4.78, 5) is 0. The Hall–Kier alpha value is -0.720. The molecule has 2 aromatic carbocycles. The van der Waals surface area contributed by atoms with E-state index in [0.717, 1.165) is 20.6 Å². The molecule has 1 radical (unpaired) electrons. The van der Waals surface area contributed by atoms with Gasteiger partial charge >= 0.3 is 26.2 Å². The van der Waals surface area contributed by atoms with Crippen LogP contribution in [0.2, 0.25) is 13.1 Å². The molecular weight excluding hydrogens is 311 g/mol. The molecule has 0 spiro atoms. The molecule has 0 nitrogen and oxygen atoms in total. The summed E-state index contributed by atoms with van der Waals surface area (Å²) in [5.74, 6) is 0. The zero-order valence-electron chi connectivity index (χ0n) is 11.3. The molecule has 0 amide bonds. The second-order valence-electron chi connectivity index (χ2n) is 3.55. The van der Waals surface area contributed by atoms with Gasteiger partial charge in [-0.15, -0.1) is 24.3 Å². The van der Waals surface area contributed by atoms with Crippen molar-refractivity contribution < 1.29 is 26.2 Å². The third-order valence-corrected chi connectivity index (χ3v) is 1.69. The van der Waals surface area contributed by atoms with Crippen LogP contribution in [-0.2, 0) is 26.2 Å². The summed E-state index contributed by atoms with van der Waals surface area (Å²) in [7, 11) is 0.750. The maximum atomic E-state index is 3.72. The van der Waals surface area contributed by atoms with Crippen molar-refractivity contribution in [3.05, 3.63) is 85.6 Å². The molecule has 0 saturated heterocycles. The van der Waals surface area contributed by atoms with Crippen molar-refractivity contribution in [2.75, 3.05) is 0 Å². The Morgan fingerprint density at radius 2 is 0.889 bits per heavy atom. The maximum Gasteiger partial charge on any atom is 2.00 e. The summed E-state index contributed by atoms with van der Waals surface area (Å²) in [6.07, 6.45) is 0. The normalized spacial score (nSPS) is 7.67. The third-order valence-electron chi connectivity index (χ3n) is 1.69. The Bertz CT molecular complexity index is 322. The fourth-order valence-corrected chi connectivity index (χ4v) is 0.956. The minimum atomic E-state index is 0. The summed E-state index contributed by atoms with van der Waals surface area (Å²) in [6.45, 7) is 11.9. The van der Waals surface area contributed by atoms with Crippen LogP contribution in [0.25, 0.3) is 0 Å². The van der Waals surface area contributed by atoms with Crippen LogP contribution in [0.5, 0.6) is 0 Å². The second kappa shape index (κ2) is 14.3. The molecule has 0 atom stereocenters. The molecule has 0 bridgehead atoms. The zero-order valence-corrected chi connectivity index (χ0v) is 14.9. The van der Waals surface area contributed by atoms with Gasteiger partial charge in [0.2, 0.25) is 0 Å². The molecular formula is C16H21SiZr. The Morgan fingerprint density at radius 1 is 0.667 bits per heavy atom. The molecule has 0 fully saturated rings. The Morgan fingerprint density at radius 3 is 1.00 bits per heavy atom. The van der Waals surface area contributed by atoms with Crippen molar-refractivity contribution in [3.8, 4) is 0 Å². The predicted octanol–water partition coefficient (Wildman–Crippen LogP) is 4.25. The van der Waals surface area contributed by atoms with Gasteiger partial charge in [-0.3, -0.25) is 0 Å². The van der Waals surface area contributed by atoms with E-state index >= 15 is 0 Å². The molecule has 0 unspecified atom stereocenters. The van der Waals surface area contributed by atoms with Crippen molar-refractivity contribution in [2.24, 2.45) is 0 Å². The van der Waals surface area contributed by atoms with Crippen LogP contribution >= 0.6 is 0 Å². The van der Waals surface area contributed by atoms with E-state index in [4.69, 9.17) is 0 Å². The average molecular weight is 333 g/mol. The Kier molecular flexibility index (Phi) is 15.6. The molecule has 0 aliphatic carbocycles. The summed E-state index contributed by atoms with van der Waals surface area (Å²) >= 11 is 0. The molecule has 0 heterocycles. The maximum absolute atomic E-state index is 3.72. The third kappa shape index (κ3) is 13.3. The van der Waals surface area contributed by atoms with Gasteiger partial charge in [-0.05, 0) is 0 Å². The van der Waals surface area contributed by atoms with E-state index in [9.17, 15) is 0 Å². The summed E-state index contributed by atoms with van der Waals surface area (Å²) in [6, 6.07) is 19.7. The van der Waals surface area contributed by atoms with E-state index in [1.807, 2.05) is 60.7 Å². The number of hydrogen-bond donors (Lipinski definition) is 0. The summed E-state index contributed by atoms with van der Waals surface area (Å²) < 4.78 is 0. The fraction of sp³-hybridized carbons (Fsp3) is 0.125.